The van der Waals surface area contributed by atoms with Crippen molar-refractivity contribution < 1.29 is 27.1 Å². The first-order chi connectivity index (χ1) is 13.3. The molecule has 0 atom stereocenters. The number of carbonyl (C=O) groups is 2. The molecular weight excluding hydrogens is 387 g/mol. The molecular formula is C19H21FN2O5S. The average molecular weight is 408 g/mol. The molecule has 0 aliphatic rings. The largest absolute Gasteiger partial charge is 0.456 e. The van der Waals surface area contributed by atoms with Crippen LogP contribution in [0.4, 0.5) is 10.1 Å². The number of hydrogen-bond donors (Lipinski definition) is 2. The minimum atomic E-state index is -3.77. The molecule has 0 saturated carbocycles. The highest BCUT2D eigenvalue weighted by Gasteiger charge is 2.14. The Hall–Kier alpha value is -2.78. The van der Waals surface area contributed by atoms with Crippen molar-refractivity contribution in [2.45, 2.75) is 24.7 Å². The van der Waals surface area contributed by atoms with Crippen LogP contribution in [0.15, 0.2) is 53.4 Å². The second kappa shape index (κ2) is 9.95. The van der Waals surface area contributed by atoms with Crippen molar-refractivity contribution >= 4 is 27.6 Å². The Labute approximate surface area is 163 Å². The van der Waals surface area contributed by atoms with E-state index >= 15 is 0 Å². The molecule has 0 spiro atoms. The third-order valence-electron chi connectivity index (χ3n) is 3.64. The van der Waals surface area contributed by atoms with E-state index in [2.05, 4.69) is 10.0 Å². The summed E-state index contributed by atoms with van der Waals surface area (Å²) >= 11 is 0. The van der Waals surface area contributed by atoms with Crippen LogP contribution >= 0.6 is 0 Å². The molecule has 7 nitrogen and oxygen atoms in total. The second-order valence-corrected chi connectivity index (χ2v) is 7.80. The molecule has 0 saturated heterocycles. The molecule has 2 aromatic rings. The van der Waals surface area contributed by atoms with Gasteiger partial charge in [0, 0.05) is 18.7 Å². The lowest BCUT2D eigenvalue weighted by Gasteiger charge is -2.08. The van der Waals surface area contributed by atoms with E-state index in [4.69, 9.17) is 4.74 Å². The molecule has 9 heteroatoms. The maximum absolute atomic E-state index is 12.8. The average Bonchev–Trinajstić information content (AvgIpc) is 2.64. The number of aryl methyl sites for hydroxylation is 1. The molecule has 0 fully saturated rings. The van der Waals surface area contributed by atoms with Gasteiger partial charge in [0.25, 0.3) is 5.91 Å². The number of sulfonamides is 1. The summed E-state index contributed by atoms with van der Waals surface area (Å²) < 4.78 is 44.0. The number of hydrogen-bond acceptors (Lipinski definition) is 5. The van der Waals surface area contributed by atoms with E-state index in [1.165, 1.54) is 0 Å². The van der Waals surface area contributed by atoms with Crippen LogP contribution in [-0.2, 0) is 24.3 Å². The van der Waals surface area contributed by atoms with Gasteiger partial charge in [-0.05, 0) is 55.3 Å². The first-order valence-electron chi connectivity index (χ1n) is 8.54. The Morgan fingerprint density at radius 2 is 1.82 bits per heavy atom. The van der Waals surface area contributed by atoms with Crippen molar-refractivity contribution in [2.75, 3.05) is 18.5 Å². The second-order valence-electron chi connectivity index (χ2n) is 6.03. The van der Waals surface area contributed by atoms with E-state index in [9.17, 15) is 22.4 Å². The molecule has 150 valence electrons. The fourth-order valence-corrected chi connectivity index (χ4v) is 3.35. The van der Waals surface area contributed by atoms with E-state index in [-0.39, 0.29) is 24.3 Å². The minimum absolute atomic E-state index is 0.00426. The summed E-state index contributed by atoms with van der Waals surface area (Å²) in [5, 5.41) is 2.61. The predicted octanol–water partition coefficient (Wildman–Crippen LogP) is 2.37. The van der Waals surface area contributed by atoms with Crippen LogP contribution in [0.2, 0.25) is 0 Å². The van der Waals surface area contributed by atoms with Crippen LogP contribution in [0.3, 0.4) is 0 Å². The summed E-state index contributed by atoms with van der Waals surface area (Å²) in [6, 6.07) is 11.6. The topological polar surface area (TPSA) is 102 Å². The van der Waals surface area contributed by atoms with Gasteiger partial charge in [-0.25, -0.2) is 17.5 Å². The quantitative estimate of drug-likeness (QED) is 0.490. The third-order valence-corrected chi connectivity index (χ3v) is 5.12. The number of carbonyl (C=O) groups excluding carboxylic acids is 2. The molecule has 0 aromatic heterocycles. The number of halogens is 1. The zero-order chi connectivity index (χ0) is 20.6. The van der Waals surface area contributed by atoms with Crippen LogP contribution < -0.4 is 10.0 Å². The lowest BCUT2D eigenvalue weighted by atomic mass is 10.2. The van der Waals surface area contributed by atoms with Gasteiger partial charge in [-0.3, -0.25) is 9.59 Å². The molecule has 1 amide bonds. The predicted molar refractivity (Wildman–Crippen MR) is 102 cm³/mol. The highest BCUT2D eigenvalue weighted by molar-refractivity contribution is 7.89. The summed E-state index contributed by atoms with van der Waals surface area (Å²) in [6.45, 7) is 1.47. The molecule has 28 heavy (non-hydrogen) atoms. The van der Waals surface area contributed by atoms with Crippen LogP contribution in [-0.4, -0.2) is 33.4 Å². The van der Waals surface area contributed by atoms with E-state index in [0.29, 0.717) is 5.69 Å². The van der Waals surface area contributed by atoms with Crippen LogP contribution in [0.25, 0.3) is 0 Å². The van der Waals surface area contributed by atoms with Gasteiger partial charge in [0.2, 0.25) is 10.0 Å². The van der Waals surface area contributed by atoms with Crippen molar-refractivity contribution in [1.82, 2.24) is 4.72 Å². The van der Waals surface area contributed by atoms with Crippen molar-refractivity contribution in [1.29, 1.82) is 0 Å². The fourth-order valence-electron chi connectivity index (χ4n) is 2.27. The number of esters is 1. The Balaban J connectivity index is 1.67. The lowest BCUT2D eigenvalue weighted by Crippen LogP contribution is -2.26. The van der Waals surface area contributed by atoms with Crippen molar-refractivity contribution in [3.63, 3.8) is 0 Å². The molecule has 0 unspecified atom stereocenters. The van der Waals surface area contributed by atoms with Crippen LogP contribution in [0.5, 0.6) is 0 Å². The zero-order valence-electron chi connectivity index (χ0n) is 15.3. The van der Waals surface area contributed by atoms with Gasteiger partial charge in [-0.15, -0.1) is 0 Å². The maximum Gasteiger partial charge on any atom is 0.306 e. The lowest BCUT2D eigenvalue weighted by molar-refractivity contribution is -0.147. The molecule has 0 aliphatic heterocycles. The minimum Gasteiger partial charge on any atom is -0.456 e. The SMILES string of the molecule is Cc1cccc(NC(=O)COC(=O)CCCNS(=O)(=O)c2ccc(F)cc2)c1. The maximum atomic E-state index is 12.8. The Kier molecular flexibility index (Phi) is 7.65. The number of rotatable bonds is 9. The Morgan fingerprint density at radius 3 is 2.50 bits per heavy atom. The number of amides is 1. The van der Waals surface area contributed by atoms with Gasteiger partial charge in [0.05, 0.1) is 4.90 Å². The first kappa shape index (κ1) is 21.5. The van der Waals surface area contributed by atoms with Crippen molar-refractivity contribution in [3.8, 4) is 0 Å². The molecule has 2 aromatic carbocycles. The summed E-state index contributed by atoms with van der Waals surface area (Å²) in [7, 11) is -3.77. The standard InChI is InChI=1S/C19H21FN2O5S/c1-14-4-2-5-16(12-14)22-18(23)13-27-19(24)6-3-11-21-28(25,26)17-9-7-15(20)8-10-17/h2,4-5,7-10,12,21H,3,6,11,13H2,1H3,(H,22,23). The monoisotopic (exact) mass is 408 g/mol. The summed E-state index contributed by atoms with van der Waals surface area (Å²) in [5.74, 6) is -1.61. The molecule has 0 heterocycles. The molecule has 0 radical (unpaired) electrons. The number of anilines is 1. The summed E-state index contributed by atoms with van der Waals surface area (Å²) in [6.07, 6.45) is 0.141. The van der Waals surface area contributed by atoms with E-state index < -0.39 is 34.3 Å². The Bertz CT molecular complexity index is 930. The molecule has 0 bridgehead atoms. The van der Waals surface area contributed by atoms with E-state index in [0.717, 1.165) is 29.8 Å². The van der Waals surface area contributed by atoms with Gasteiger partial charge in [-0.2, -0.15) is 0 Å². The summed E-state index contributed by atoms with van der Waals surface area (Å²) in [4.78, 5) is 23.4. The fraction of sp³-hybridized carbons (Fsp3) is 0.263. The smallest absolute Gasteiger partial charge is 0.306 e. The number of ether oxygens (including phenoxy) is 1. The normalized spacial score (nSPS) is 11.1. The van der Waals surface area contributed by atoms with Gasteiger partial charge in [0.15, 0.2) is 6.61 Å². The molecule has 2 N–H and O–H groups in total. The third kappa shape index (κ3) is 7.09. The van der Waals surface area contributed by atoms with Crippen LogP contribution in [0, 0.1) is 12.7 Å². The van der Waals surface area contributed by atoms with Gasteiger partial charge >= 0.3 is 5.97 Å². The Morgan fingerprint density at radius 1 is 1.11 bits per heavy atom. The number of nitrogens with one attached hydrogen (secondary N) is 2. The van der Waals surface area contributed by atoms with E-state index in [1.54, 1.807) is 18.2 Å². The zero-order valence-corrected chi connectivity index (χ0v) is 16.1. The van der Waals surface area contributed by atoms with Gasteiger partial charge in [-0.1, -0.05) is 12.1 Å². The van der Waals surface area contributed by atoms with Crippen LogP contribution in [0.1, 0.15) is 18.4 Å². The van der Waals surface area contributed by atoms with Gasteiger partial charge < -0.3 is 10.1 Å². The highest BCUT2D eigenvalue weighted by Crippen LogP contribution is 2.10. The summed E-state index contributed by atoms with van der Waals surface area (Å²) in [5.41, 5.74) is 1.59. The highest BCUT2D eigenvalue weighted by atomic mass is 32.2. The van der Waals surface area contributed by atoms with Gasteiger partial charge in [0.1, 0.15) is 5.82 Å². The van der Waals surface area contributed by atoms with Crippen molar-refractivity contribution in [3.05, 3.63) is 59.9 Å². The molecule has 2 rings (SSSR count). The van der Waals surface area contributed by atoms with E-state index in [1.807, 2.05) is 13.0 Å². The first-order valence-corrected chi connectivity index (χ1v) is 10.0. The van der Waals surface area contributed by atoms with Crippen molar-refractivity contribution in [2.24, 2.45) is 0 Å². The molecule has 0 aliphatic carbocycles. The number of benzene rings is 2.